The number of unbranched alkanes of at least 4 members (excludes halogenated alkanes) is 1. The van der Waals surface area contributed by atoms with E-state index in [1.165, 1.54) is 4.90 Å². The monoisotopic (exact) mass is 419 g/mol. The average Bonchev–Trinajstić information content (AvgIpc) is 3.14. The molecule has 0 radical (unpaired) electrons. The Morgan fingerprint density at radius 1 is 1.10 bits per heavy atom. The van der Waals surface area contributed by atoms with Gasteiger partial charge in [-0.25, -0.2) is 9.59 Å². The van der Waals surface area contributed by atoms with Crippen LogP contribution in [-0.2, 0) is 9.53 Å². The van der Waals surface area contributed by atoms with Crippen molar-refractivity contribution in [3.05, 3.63) is 77.0 Å². The number of rotatable bonds is 6. The zero-order valence-corrected chi connectivity index (χ0v) is 17.6. The van der Waals surface area contributed by atoms with Crippen molar-refractivity contribution in [3.63, 3.8) is 0 Å². The van der Waals surface area contributed by atoms with Crippen LogP contribution >= 0.6 is 0 Å². The molecule has 0 aliphatic carbocycles. The molecule has 31 heavy (non-hydrogen) atoms. The Bertz CT molecular complexity index is 1030. The van der Waals surface area contributed by atoms with Crippen molar-refractivity contribution in [2.45, 2.75) is 25.8 Å². The summed E-state index contributed by atoms with van der Waals surface area (Å²) in [5, 5.41) is 2.93. The molecule has 2 heterocycles. The van der Waals surface area contributed by atoms with E-state index in [-0.39, 0.29) is 17.9 Å². The highest BCUT2D eigenvalue weighted by Gasteiger charge is 2.43. The van der Waals surface area contributed by atoms with Gasteiger partial charge in [0.25, 0.3) is 5.91 Å². The second-order valence-electron chi connectivity index (χ2n) is 7.64. The van der Waals surface area contributed by atoms with Crippen molar-refractivity contribution in [1.29, 1.82) is 0 Å². The summed E-state index contributed by atoms with van der Waals surface area (Å²) in [5.41, 5.74) is 3.22. The Morgan fingerprint density at radius 3 is 2.48 bits per heavy atom. The van der Waals surface area contributed by atoms with Crippen LogP contribution in [0.4, 0.5) is 10.5 Å². The highest BCUT2D eigenvalue weighted by atomic mass is 16.5. The SMILES string of the molecule is CCCCOC(=O)c1ccc(N2CC3=C(C2=O)[C@H](c2ccccc2)NC(=O)N3C)cc1. The van der Waals surface area contributed by atoms with Gasteiger partial charge in [0.15, 0.2) is 0 Å². The molecule has 4 rings (SSSR count). The Kier molecular flexibility index (Phi) is 5.75. The van der Waals surface area contributed by atoms with Crippen LogP contribution in [0.25, 0.3) is 0 Å². The molecule has 0 bridgehead atoms. The summed E-state index contributed by atoms with van der Waals surface area (Å²) in [6, 6.07) is 15.5. The number of ether oxygens (including phenoxy) is 1. The van der Waals surface area contributed by atoms with Crippen LogP contribution in [0.2, 0.25) is 0 Å². The molecule has 160 valence electrons. The van der Waals surface area contributed by atoms with Gasteiger partial charge in [-0.3, -0.25) is 9.69 Å². The number of nitrogens with zero attached hydrogens (tertiary/aromatic N) is 2. The van der Waals surface area contributed by atoms with Crippen molar-refractivity contribution in [3.8, 4) is 0 Å². The van der Waals surface area contributed by atoms with Crippen molar-refractivity contribution in [2.75, 3.05) is 25.1 Å². The summed E-state index contributed by atoms with van der Waals surface area (Å²) in [4.78, 5) is 41.1. The smallest absolute Gasteiger partial charge is 0.338 e. The van der Waals surface area contributed by atoms with Gasteiger partial charge >= 0.3 is 12.0 Å². The molecule has 2 aliphatic rings. The number of hydrogen-bond acceptors (Lipinski definition) is 4. The largest absolute Gasteiger partial charge is 0.462 e. The molecule has 0 spiro atoms. The lowest BCUT2D eigenvalue weighted by molar-refractivity contribution is -0.114. The Hall–Kier alpha value is -3.61. The van der Waals surface area contributed by atoms with Crippen LogP contribution in [0, 0.1) is 0 Å². The van der Waals surface area contributed by atoms with E-state index in [2.05, 4.69) is 5.32 Å². The lowest BCUT2D eigenvalue weighted by Crippen LogP contribution is -2.45. The van der Waals surface area contributed by atoms with Gasteiger partial charge in [0.05, 0.1) is 36.0 Å². The molecule has 7 nitrogen and oxygen atoms in total. The quantitative estimate of drug-likeness (QED) is 0.573. The average molecular weight is 419 g/mol. The second-order valence-corrected chi connectivity index (χ2v) is 7.64. The Balaban J connectivity index is 1.57. The third kappa shape index (κ3) is 3.91. The first-order valence-corrected chi connectivity index (χ1v) is 10.4. The van der Waals surface area contributed by atoms with Crippen molar-refractivity contribution < 1.29 is 19.1 Å². The van der Waals surface area contributed by atoms with E-state index in [0.29, 0.717) is 35.7 Å². The third-order valence-corrected chi connectivity index (χ3v) is 5.64. The van der Waals surface area contributed by atoms with Gasteiger partial charge in [-0.1, -0.05) is 43.7 Å². The van der Waals surface area contributed by atoms with Crippen LogP contribution in [0.1, 0.15) is 41.7 Å². The third-order valence-electron chi connectivity index (χ3n) is 5.64. The molecule has 1 atom stereocenters. The topological polar surface area (TPSA) is 79.0 Å². The maximum atomic E-state index is 13.4. The van der Waals surface area contributed by atoms with Crippen LogP contribution in [0.3, 0.4) is 0 Å². The predicted octanol–water partition coefficient (Wildman–Crippen LogP) is 3.64. The van der Waals surface area contributed by atoms with E-state index in [4.69, 9.17) is 4.74 Å². The van der Waals surface area contributed by atoms with Gasteiger partial charge in [-0.15, -0.1) is 0 Å². The van der Waals surface area contributed by atoms with E-state index in [1.54, 1.807) is 36.2 Å². The summed E-state index contributed by atoms with van der Waals surface area (Å²) in [6.45, 7) is 2.72. The van der Waals surface area contributed by atoms with Crippen LogP contribution < -0.4 is 10.2 Å². The molecule has 7 heteroatoms. The fraction of sp³-hybridized carbons (Fsp3) is 0.292. The Labute approximate surface area is 181 Å². The highest BCUT2D eigenvalue weighted by Crippen LogP contribution is 2.37. The second kappa shape index (κ2) is 8.63. The first-order chi connectivity index (χ1) is 15.0. The minimum atomic E-state index is -0.495. The number of esters is 1. The summed E-state index contributed by atoms with van der Waals surface area (Å²) in [6.07, 6.45) is 1.78. The number of urea groups is 1. The molecule has 3 amide bonds. The van der Waals surface area contributed by atoms with Gasteiger partial charge < -0.3 is 15.0 Å². The first kappa shape index (κ1) is 20.7. The molecule has 1 N–H and O–H groups in total. The van der Waals surface area contributed by atoms with Crippen LogP contribution in [0.5, 0.6) is 0 Å². The van der Waals surface area contributed by atoms with Gasteiger partial charge in [0.1, 0.15) is 0 Å². The molecular formula is C24H25N3O4. The van der Waals surface area contributed by atoms with Gasteiger partial charge in [0.2, 0.25) is 0 Å². The van der Waals surface area contributed by atoms with E-state index < -0.39 is 6.04 Å². The van der Waals surface area contributed by atoms with Crippen LogP contribution in [0.15, 0.2) is 65.9 Å². The summed E-state index contributed by atoms with van der Waals surface area (Å²) >= 11 is 0. The molecule has 0 unspecified atom stereocenters. The standard InChI is InChI=1S/C24H25N3O4/c1-3-4-14-31-23(29)17-10-12-18(13-11-17)27-15-19-20(22(27)28)21(25-24(30)26(19)2)16-8-6-5-7-9-16/h5-13,21H,3-4,14-15H2,1-2H3,(H,25,30)/t21-/m0/s1. The maximum Gasteiger partial charge on any atom is 0.338 e. The minimum absolute atomic E-state index is 0.158. The van der Waals surface area contributed by atoms with E-state index >= 15 is 0 Å². The number of carbonyl (C=O) groups excluding carboxylic acids is 3. The van der Waals surface area contributed by atoms with Gasteiger partial charge in [-0.05, 0) is 36.2 Å². The molecule has 2 aromatic rings. The molecule has 0 saturated carbocycles. The number of carbonyl (C=O) groups is 3. The van der Waals surface area contributed by atoms with Crippen molar-refractivity contribution in [2.24, 2.45) is 0 Å². The minimum Gasteiger partial charge on any atom is -0.462 e. The molecule has 0 fully saturated rings. The number of nitrogens with one attached hydrogen (secondary N) is 1. The van der Waals surface area contributed by atoms with Crippen molar-refractivity contribution >= 4 is 23.6 Å². The number of amides is 3. The van der Waals surface area contributed by atoms with Crippen molar-refractivity contribution in [1.82, 2.24) is 10.2 Å². The molecule has 2 aliphatic heterocycles. The Morgan fingerprint density at radius 2 is 1.81 bits per heavy atom. The van der Waals surface area contributed by atoms with Crippen LogP contribution in [-0.4, -0.2) is 43.0 Å². The lowest BCUT2D eigenvalue weighted by atomic mass is 9.96. The van der Waals surface area contributed by atoms with E-state index in [9.17, 15) is 14.4 Å². The number of hydrogen-bond donors (Lipinski definition) is 1. The zero-order valence-electron chi connectivity index (χ0n) is 17.6. The highest BCUT2D eigenvalue weighted by molar-refractivity contribution is 6.11. The fourth-order valence-corrected chi connectivity index (χ4v) is 3.84. The zero-order chi connectivity index (χ0) is 22.0. The summed E-state index contributed by atoms with van der Waals surface area (Å²) < 4.78 is 5.24. The maximum absolute atomic E-state index is 13.4. The lowest BCUT2D eigenvalue weighted by Gasteiger charge is -2.31. The number of benzene rings is 2. The summed E-state index contributed by atoms with van der Waals surface area (Å²) in [7, 11) is 1.66. The fourth-order valence-electron chi connectivity index (χ4n) is 3.84. The number of likely N-dealkylation sites (N-methyl/N-ethyl adjacent to an activating group) is 1. The predicted molar refractivity (Wildman–Crippen MR) is 116 cm³/mol. The first-order valence-electron chi connectivity index (χ1n) is 10.4. The molecular weight excluding hydrogens is 394 g/mol. The molecule has 2 aromatic carbocycles. The van der Waals surface area contributed by atoms with Gasteiger partial charge in [0, 0.05) is 12.7 Å². The van der Waals surface area contributed by atoms with Gasteiger partial charge in [-0.2, -0.15) is 0 Å². The van der Waals surface area contributed by atoms with E-state index in [0.717, 1.165) is 18.4 Å². The molecule has 0 saturated heterocycles. The molecule has 0 aromatic heterocycles. The number of anilines is 1. The van der Waals surface area contributed by atoms with E-state index in [1.807, 2.05) is 37.3 Å². The normalized spacial score (nSPS) is 18.2. The summed E-state index contributed by atoms with van der Waals surface area (Å²) in [5.74, 6) is -0.530.